The second kappa shape index (κ2) is 8.39. The minimum atomic E-state index is -3.89. The van der Waals surface area contributed by atoms with Crippen LogP contribution in [0.2, 0.25) is 10.0 Å². The van der Waals surface area contributed by atoms with Gasteiger partial charge in [-0.25, -0.2) is 8.42 Å². The fourth-order valence-corrected chi connectivity index (χ4v) is 4.97. The van der Waals surface area contributed by atoms with Gasteiger partial charge in [0.1, 0.15) is 4.90 Å². The molecule has 0 spiro atoms. The molecule has 2 heterocycles. The molecule has 2 N–H and O–H groups in total. The third-order valence-corrected chi connectivity index (χ3v) is 6.80. The molecule has 6 nitrogen and oxygen atoms in total. The maximum Gasteiger partial charge on any atom is 0.263 e. The highest BCUT2D eigenvalue weighted by molar-refractivity contribution is 7.92. The highest BCUT2D eigenvalue weighted by atomic mass is 35.5. The van der Waals surface area contributed by atoms with Gasteiger partial charge in [-0.15, -0.1) is 12.4 Å². The lowest BCUT2D eigenvalue weighted by Crippen LogP contribution is -2.43. The van der Waals surface area contributed by atoms with Crippen LogP contribution in [0.15, 0.2) is 52.0 Å². The molecule has 10 heteroatoms. The van der Waals surface area contributed by atoms with Crippen LogP contribution < -0.4 is 14.9 Å². The standard InChI is InChI=1S/C18H17Cl2N3O3S.ClH/c19-14-2-1-3-16(17(14)20)27(24,25)22-13-10-12-4-9-26-18(12)15(11-13)23-7-5-21-6-8-23;/h1-4,9-11,21-22H,5-8H2;1H. The molecule has 1 fully saturated rings. The van der Waals surface area contributed by atoms with Crippen molar-refractivity contribution in [1.29, 1.82) is 0 Å². The molecular formula is C18H18Cl3N3O3S. The highest BCUT2D eigenvalue weighted by Gasteiger charge is 2.22. The molecule has 28 heavy (non-hydrogen) atoms. The molecule has 150 valence electrons. The Hall–Kier alpha value is -1.64. The summed E-state index contributed by atoms with van der Waals surface area (Å²) in [5, 5.41) is 4.31. The van der Waals surface area contributed by atoms with Gasteiger partial charge in [0, 0.05) is 31.6 Å². The molecule has 1 aromatic heterocycles. The summed E-state index contributed by atoms with van der Waals surface area (Å²) in [6.07, 6.45) is 1.60. The Morgan fingerprint density at radius 2 is 1.86 bits per heavy atom. The van der Waals surface area contributed by atoms with Gasteiger partial charge < -0.3 is 14.6 Å². The molecule has 0 amide bonds. The molecule has 0 saturated carbocycles. The molecule has 0 bridgehead atoms. The lowest BCUT2D eigenvalue weighted by molar-refractivity contribution is 0.579. The summed E-state index contributed by atoms with van der Waals surface area (Å²) in [4.78, 5) is 2.11. The average Bonchev–Trinajstić information content (AvgIpc) is 3.12. The molecule has 2 aromatic carbocycles. The predicted molar refractivity (Wildman–Crippen MR) is 116 cm³/mol. The summed E-state index contributed by atoms with van der Waals surface area (Å²) in [6.45, 7) is 3.34. The minimum absolute atomic E-state index is 0. The number of nitrogens with one attached hydrogen (secondary N) is 2. The number of benzene rings is 2. The first-order valence-electron chi connectivity index (χ1n) is 8.39. The molecule has 1 aliphatic rings. The Balaban J connectivity index is 0.00000225. The van der Waals surface area contributed by atoms with Gasteiger partial charge in [-0.2, -0.15) is 0 Å². The number of furan rings is 1. The molecule has 3 aromatic rings. The van der Waals surface area contributed by atoms with Gasteiger partial charge >= 0.3 is 0 Å². The third-order valence-electron chi connectivity index (χ3n) is 4.45. The first kappa shape index (κ1) is 21.1. The Bertz CT molecular complexity index is 1100. The molecule has 0 unspecified atom stereocenters. The molecule has 1 aliphatic heterocycles. The maximum atomic E-state index is 12.8. The quantitative estimate of drug-likeness (QED) is 0.602. The summed E-state index contributed by atoms with van der Waals surface area (Å²) in [7, 11) is -3.89. The second-order valence-electron chi connectivity index (χ2n) is 6.23. The van der Waals surface area contributed by atoms with Gasteiger partial charge in [-0.1, -0.05) is 29.3 Å². The predicted octanol–water partition coefficient (Wildman–Crippen LogP) is 4.37. The van der Waals surface area contributed by atoms with Crippen molar-refractivity contribution in [3.63, 3.8) is 0 Å². The van der Waals surface area contributed by atoms with Crippen molar-refractivity contribution in [3.05, 3.63) is 52.7 Å². The van der Waals surface area contributed by atoms with Crippen LogP contribution >= 0.6 is 35.6 Å². The number of hydrogen-bond acceptors (Lipinski definition) is 5. The molecule has 0 radical (unpaired) electrons. The SMILES string of the molecule is Cl.O=S(=O)(Nc1cc(N2CCNCC2)c2occc2c1)c1cccc(Cl)c1Cl. The number of nitrogens with zero attached hydrogens (tertiary/aromatic N) is 1. The number of halogens is 3. The second-order valence-corrected chi connectivity index (χ2v) is 8.66. The smallest absolute Gasteiger partial charge is 0.263 e. The Labute approximate surface area is 179 Å². The zero-order valence-electron chi connectivity index (χ0n) is 14.6. The molecule has 0 atom stereocenters. The summed E-state index contributed by atoms with van der Waals surface area (Å²) >= 11 is 12.1. The number of sulfonamides is 1. The van der Waals surface area contributed by atoms with Crippen LogP contribution in [0.3, 0.4) is 0 Å². The Morgan fingerprint density at radius 1 is 1.11 bits per heavy atom. The van der Waals surface area contributed by atoms with E-state index in [1.165, 1.54) is 6.07 Å². The zero-order valence-corrected chi connectivity index (χ0v) is 17.8. The topological polar surface area (TPSA) is 74.6 Å². The van der Waals surface area contributed by atoms with Crippen LogP contribution in [0, 0.1) is 0 Å². The first-order valence-corrected chi connectivity index (χ1v) is 10.6. The van der Waals surface area contributed by atoms with E-state index >= 15 is 0 Å². The number of piperazine rings is 1. The number of rotatable bonds is 4. The number of fused-ring (bicyclic) bond motifs is 1. The fraction of sp³-hybridized carbons (Fsp3) is 0.222. The molecule has 4 rings (SSSR count). The van der Waals surface area contributed by atoms with Crippen LogP contribution in [0.4, 0.5) is 11.4 Å². The molecular weight excluding hydrogens is 445 g/mol. The van der Waals surface area contributed by atoms with Gasteiger partial charge in [0.2, 0.25) is 0 Å². The molecule has 0 aliphatic carbocycles. The van der Waals surface area contributed by atoms with Crippen molar-refractivity contribution in [2.45, 2.75) is 4.90 Å². The fourth-order valence-electron chi connectivity index (χ4n) is 3.16. The largest absolute Gasteiger partial charge is 0.462 e. The van der Waals surface area contributed by atoms with Crippen molar-refractivity contribution in [1.82, 2.24) is 5.32 Å². The minimum Gasteiger partial charge on any atom is -0.462 e. The van der Waals surface area contributed by atoms with Crippen LogP contribution in [0.25, 0.3) is 11.0 Å². The lowest BCUT2D eigenvalue weighted by atomic mass is 10.2. The van der Waals surface area contributed by atoms with E-state index in [0.29, 0.717) is 5.69 Å². The van der Waals surface area contributed by atoms with Crippen LogP contribution in [-0.2, 0) is 10.0 Å². The van der Waals surface area contributed by atoms with Gasteiger partial charge in [0.15, 0.2) is 5.58 Å². The summed E-state index contributed by atoms with van der Waals surface area (Å²) in [5.74, 6) is 0. The Morgan fingerprint density at radius 3 is 2.61 bits per heavy atom. The van der Waals surface area contributed by atoms with E-state index in [1.54, 1.807) is 30.5 Å². The summed E-state index contributed by atoms with van der Waals surface area (Å²) < 4.78 is 33.9. The normalized spacial score (nSPS) is 14.7. The van der Waals surface area contributed by atoms with E-state index in [4.69, 9.17) is 27.6 Å². The van der Waals surface area contributed by atoms with Gasteiger partial charge in [0.25, 0.3) is 10.0 Å². The average molecular weight is 463 g/mol. The zero-order chi connectivity index (χ0) is 19.0. The van der Waals surface area contributed by atoms with Crippen molar-refractivity contribution in [2.24, 2.45) is 0 Å². The van der Waals surface area contributed by atoms with E-state index in [9.17, 15) is 8.42 Å². The monoisotopic (exact) mass is 461 g/mol. The molecule has 1 saturated heterocycles. The van der Waals surface area contributed by atoms with Gasteiger partial charge in [-0.05, 0) is 30.3 Å². The van der Waals surface area contributed by atoms with E-state index in [0.717, 1.165) is 42.8 Å². The van der Waals surface area contributed by atoms with Crippen molar-refractivity contribution >= 4 is 68.0 Å². The van der Waals surface area contributed by atoms with Crippen LogP contribution in [0.1, 0.15) is 0 Å². The summed E-state index contributed by atoms with van der Waals surface area (Å²) in [6, 6.07) is 9.85. The third kappa shape index (κ3) is 4.04. The van der Waals surface area contributed by atoms with E-state index in [-0.39, 0.29) is 27.3 Å². The summed E-state index contributed by atoms with van der Waals surface area (Å²) in [5.41, 5.74) is 2.03. The Kier molecular flexibility index (Phi) is 6.31. The van der Waals surface area contributed by atoms with Crippen molar-refractivity contribution in [3.8, 4) is 0 Å². The number of hydrogen-bond donors (Lipinski definition) is 2. The van der Waals surface area contributed by atoms with Gasteiger partial charge in [0.05, 0.1) is 27.7 Å². The van der Waals surface area contributed by atoms with Crippen molar-refractivity contribution in [2.75, 3.05) is 35.8 Å². The van der Waals surface area contributed by atoms with E-state index in [1.807, 2.05) is 6.07 Å². The highest BCUT2D eigenvalue weighted by Crippen LogP contribution is 2.34. The lowest BCUT2D eigenvalue weighted by Gasteiger charge is -2.29. The van der Waals surface area contributed by atoms with Crippen molar-refractivity contribution < 1.29 is 12.8 Å². The maximum absolute atomic E-state index is 12.8. The van der Waals surface area contributed by atoms with Crippen LogP contribution in [-0.4, -0.2) is 34.6 Å². The van der Waals surface area contributed by atoms with E-state index < -0.39 is 10.0 Å². The van der Waals surface area contributed by atoms with Crippen LogP contribution in [0.5, 0.6) is 0 Å². The number of anilines is 2. The van der Waals surface area contributed by atoms with Gasteiger partial charge in [-0.3, -0.25) is 4.72 Å². The first-order chi connectivity index (χ1) is 13.0. The van der Waals surface area contributed by atoms with E-state index in [2.05, 4.69) is 14.9 Å².